The van der Waals surface area contributed by atoms with Crippen LogP contribution >= 0.6 is 15.9 Å². The van der Waals surface area contributed by atoms with Crippen molar-refractivity contribution in [3.63, 3.8) is 0 Å². The standard InChI is InChI=1S/C13H11BrF2N2O2/c14-8-3-7(15)4-9(16)12(8)18-5-10(19)17-11(13(18)20)6-1-2-6/h3-4,6,11H,1-2,5H2,(H,17,19). The van der Waals surface area contributed by atoms with E-state index < -0.39 is 17.7 Å². The molecule has 20 heavy (non-hydrogen) atoms. The van der Waals surface area contributed by atoms with Crippen LogP contribution in [0.3, 0.4) is 0 Å². The van der Waals surface area contributed by atoms with Crippen LogP contribution in [0.4, 0.5) is 14.5 Å². The zero-order chi connectivity index (χ0) is 14.4. The maximum Gasteiger partial charge on any atom is 0.250 e. The summed E-state index contributed by atoms with van der Waals surface area (Å²) < 4.78 is 27.2. The number of nitrogens with zero attached hydrogens (tertiary/aromatic N) is 1. The van der Waals surface area contributed by atoms with Crippen molar-refractivity contribution >= 4 is 33.4 Å². The molecule has 1 aromatic carbocycles. The van der Waals surface area contributed by atoms with Crippen LogP contribution in [0.2, 0.25) is 0 Å². The number of nitrogens with one attached hydrogen (secondary N) is 1. The number of carbonyl (C=O) groups excluding carboxylic acids is 2. The number of halogens is 3. The Labute approximate surface area is 122 Å². The summed E-state index contributed by atoms with van der Waals surface area (Å²) in [4.78, 5) is 25.2. The third-order valence-electron chi connectivity index (χ3n) is 3.50. The minimum atomic E-state index is -0.866. The van der Waals surface area contributed by atoms with Gasteiger partial charge in [-0.05, 0) is 40.8 Å². The molecule has 0 radical (unpaired) electrons. The lowest BCUT2D eigenvalue weighted by molar-refractivity contribution is -0.131. The number of rotatable bonds is 2. The van der Waals surface area contributed by atoms with Crippen molar-refractivity contribution in [3.05, 3.63) is 28.2 Å². The number of hydrogen-bond acceptors (Lipinski definition) is 2. The second kappa shape index (κ2) is 4.80. The molecule has 1 atom stereocenters. The molecule has 1 aliphatic heterocycles. The largest absolute Gasteiger partial charge is 0.342 e. The molecule has 1 N–H and O–H groups in total. The molecular formula is C13H11BrF2N2O2. The van der Waals surface area contributed by atoms with Gasteiger partial charge in [0.2, 0.25) is 11.8 Å². The van der Waals surface area contributed by atoms with Gasteiger partial charge in [-0.1, -0.05) is 0 Å². The molecule has 2 aliphatic rings. The zero-order valence-corrected chi connectivity index (χ0v) is 11.9. The van der Waals surface area contributed by atoms with E-state index in [2.05, 4.69) is 21.2 Å². The third-order valence-corrected chi connectivity index (χ3v) is 4.10. The fourth-order valence-electron chi connectivity index (χ4n) is 2.40. The fraction of sp³-hybridized carbons (Fsp3) is 0.385. The van der Waals surface area contributed by atoms with E-state index in [0.29, 0.717) is 6.07 Å². The summed E-state index contributed by atoms with van der Waals surface area (Å²) in [7, 11) is 0. The molecule has 0 aromatic heterocycles. The summed E-state index contributed by atoms with van der Waals surface area (Å²) in [5.74, 6) is -2.17. The van der Waals surface area contributed by atoms with Gasteiger partial charge < -0.3 is 5.32 Å². The van der Waals surface area contributed by atoms with Crippen molar-refractivity contribution in [2.75, 3.05) is 11.4 Å². The Hall–Kier alpha value is -1.50. The number of carbonyl (C=O) groups is 2. The van der Waals surface area contributed by atoms with E-state index in [1.54, 1.807) is 0 Å². The Morgan fingerprint density at radius 3 is 2.55 bits per heavy atom. The molecule has 0 bridgehead atoms. The molecule has 1 aromatic rings. The van der Waals surface area contributed by atoms with Crippen LogP contribution in [-0.2, 0) is 9.59 Å². The van der Waals surface area contributed by atoms with Gasteiger partial charge in [-0.3, -0.25) is 14.5 Å². The van der Waals surface area contributed by atoms with Gasteiger partial charge in [0.25, 0.3) is 0 Å². The Morgan fingerprint density at radius 2 is 1.95 bits per heavy atom. The third kappa shape index (κ3) is 2.30. The van der Waals surface area contributed by atoms with Gasteiger partial charge in [0.15, 0.2) is 5.82 Å². The van der Waals surface area contributed by atoms with Crippen molar-refractivity contribution in [1.82, 2.24) is 5.32 Å². The molecule has 1 heterocycles. The fourth-order valence-corrected chi connectivity index (χ4v) is 3.02. The quantitative estimate of drug-likeness (QED) is 0.891. The molecule has 2 fully saturated rings. The van der Waals surface area contributed by atoms with Gasteiger partial charge in [0, 0.05) is 10.5 Å². The van der Waals surface area contributed by atoms with E-state index in [9.17, 15) is 18.4 Å². The first-order valence-corrected chi connectivity index (χ1v) is 7.02. The first-order chi connectivity index (χ1) is 9.47. The second-order valence-corrected chi connectivity index (χ2v) is 5.88. The van der Waals surface area contributed by atoms with Crippen LogP contribution < -0.4 is 10.2 Å². The Kier molecular flexibility index (Phi) is 3.24. The van der Waals surface area contributed by atoms with Crippen LogP contribution in [0.5, 0.6) is 0 Å². The predicted octanol–water partition coefficient (Wildman–Crippen LogP) is 1.97. The summed E-state index contributed by atoms with van der Waals surface area (Å²) in [5.41, 5.74) is -0.0862. The first kappa shape index (κ1) is 13.5. The molecule has 106 valence electrons. The maximum atomic E-state index is 13.9. The molecule has 0 spiro atoms. The van der Waals surface area contributed by atoms with E-state index in [4.69, 9.17) is 0 Å². The van der Waals surface area contributed by atoms with Crippen LogP contribution in [0.15, 0.2) is 16.6 Å². The average molecular weight is 345 g/mol. The molecular weight excluding hydrogens is 334 g/mol. The molecule has 7 heteroatoms. The minimum Gasteiger partial charge on any atom is -0.342 e. The van der Waals surface area contributed by atoms with E-state index in [1.807, 2.05) is 0 Å². The molecule has 2 amide bonds. The van der Waals surface area contributed by atoms with Crippen LogP contribution in [0.25, 0.3) is 0 Å². The molecule has 1 saturated heterocycles. The van der Waals surface area contributed by atoms with Crippen molar-refractivity contribution in [3.8, 4) is 0 Å². The van der Waals surface area contributed by atoms with E-state index in [0.717, 1.165) is 23.8 Å². The lowest BCUT2D eigenvalue weighted by atomic mass is 10.1. The van der Waals surface area contributed by atoms with E-state index in [1.165, 1.54) is 0 Å². The molecule has 3 rings (SSSR count). The number of anilines is 1. The lowest BCUT2D eigenvalue weighted by Gasteiger charge is -2.33. The molecule has 1 aliphatic carbocycles. The smallest absolute Gasteiger partial charge is 0.250 e. The predicted molar refractivity (Wildman–Crippen MR) is 71.1 cm³/mol. The highest BCUT2D eigenvalue weighted by Crippen LogP contribution is 2.37. The van der Waals surface area contributed by atoms with Gasteiger partial charge in [-0.15, -0.1) is 0 Å². The Morgan fingerprint density at radius 1 is 1.25 bits per heavy atom. The highest BCUT2D eigenvalue weighted by atomic mass is 79.9. The maximum absolute atomic E-state index is 13.9. The highest BCUT2D eigenvalue weighted by molar-refractivity contribution is 9.10. The summed E-state index contributed by atoms with van der Waals surface area (Å²) in [6.07, 6.45) is 1.75. The summed E-state index contributed by atoms with van der Waals surface area (Å²) in [5, 5.41) is 2.64. The number of hydrogen-bond donors (Lipinski definition) is 1. The minimum absolute atomic E-state index is 0.0862. The topological polar surface area (TPSA) is 49.4 Å². The first-order valence-electron chi connectivity index (χ1n) is 6.22. The SMILES string of the molecule is O=C1CN(c2c(F)cc(F)cc2Br)C(=O)C(C2CC2)N1. The van der Waals surface area contributed by atoms with Gasteiger partial charge >= 0.3 is 0 Å². The summed E-state index contributed by atoms with van der Waals surface area (Å²) in [6.45, 7) is -0.261. The Balaban J connectivity index is 1.99. The molecule has 4 nitrogen and oxygen atoms in total. The van der Waals surface area contributed by atoms with Gasteiger partial charge in [0.1, 0.15) is 18.4 Å². The van der Waals surface area contributed by atoms with Gasteiger partial charge in [0.05, 0.1) is 5.69 Å². The van der Waals surface area contributed by atoms with Crippen molar-refractivity contribution < 1.29 is 18.4 Å². The molecule has 1 saturated carbocycles. The summed E-state index contributed by atoms with van der Waals surface area (Å²) in [6, 6.07) is 1.17. The van der Waals surface area contributed by atoms with E-state index in [-0.39, 0.29) is 34.4 Å². The Bertz CT molecular complexity index is 581. The van der Waals surface area contributed by atoms with Crippen molar-refractivity contribution in [2.45, 2.75) is 18.9 Å². The normalized spacial score (nSPS) is 22.9. The number of piperazine rings is 1. The summed E-state index contributed by atoms with van der Waals surface area (Å²) >= 11 is 3.05. The zero-order valence-electron chi connectivity index (χ0n) is 10.3. The van der Waals surface area contributed by atoms with Crippen LogP contribution in [-0.4, -0.2) is 24.4 Å². The van der Waals surface area contributed by atoms with E-state index >= 15 is 0 Å². The second-order valence-electron chi connectivity index (χ2n) is 5.03. The van der Waals surface area contributed by atoms with Crippen LogP contribution in [0.1, 0.15) is 12.8 Å². The molecule has 1 unspecified atom stereocenters. The van der Waals surface area contributed by atoms with Gasteiger partial charge in [-0.25, -0.2) is 8.78 Å². The number of benzene rings is 1. The lowest BCUT2D eigenvalue weighted by Crippen LogP contribution is -2.59. The van der Waals surface area contributed by atoms with Crippen molar-refractivity contribution in [1.29, 1.82) is 0 Å². The van der Waals surface area contributed by atoms with Crippen molar-refractivity contribution in [2.24, 2.45) is 5.92 Å². The average Bonchev–Trinajstić information content (AvgIpc) is 3.15. The van der Waals surface area contributed by atoms with Crippen LogP contribution in [0, 0.1) is 17.6 Å². The highest BCUT2D eigenvalue weighted by Gasteiger charge is 2.44. The monoisotopic (exact) mass is 344 g/mol. The van der Waals surface area contributed by atoms with Gasteiger partial charge in [-0.2, -0.15) is 0 Å². The number of amides is 2.